The Morgan fingerprint density at radius 1 is 1.12 bits per heavy atom. The summed E-state index contributed by atoms with van der Waals surface area (Å²) in [6.45, 7) is 3.14. The summed E-state index contributed by atoms with van der Waals surface area (Å²) in [5.74, 6) is 0.891. The monoisotopic (exact) mass is 368 g/mol. The fraction of sp³-hybridized carbons (Fsp3) is 0.316. The molecule has 7 heteroatoms. The van der Waals surface area contributed by atoms with E-state index in [0.717, 1.165) is 47.2 Å². The van der Waals surface area contributed by atoms with Crippen molar-refractivity contribution >= 4 is 32.6 Å². The first-order chi connectivity index (χ1) is 12.7. The van der Waals surface area contributed by atoms with Crippen LogP contribution in [0.25, 0.3) is 10.2 Å². The summed E-state index contributed by atoms with van der Waals surface area (Å²) < 4.78 is 6.43. The molecule has 1 aliphatic rings. The molecule has 0 atom stereocenters. The number of carbonyl (C=O) groups excluding carboxylic acids is 1. The second-order valence-corrected chi connectivity index (χ2v) is 7.21. The Bertz CT molecular complexity index is 912. The number of amides is 1. The van der Waals surface area contributed by atoms with Crippen LogP contribution < -0.4 is 9.64 Å². The van der Waals surface area contributed by atoms with Gasteiger partial charge in [-0.1, -0.05) is 11.3 Å². The van der Waals surface area contributed by atoms with Crippen LogP contribution >= 0.6 is 11.3 Å². The Kier molecular flexibility index (Phi) is 4.71. The smallest absolute Gasteiger partial charge is 0.254 e. The average molecular weight is 368 g/mol. The minimum absolute atomic E-state index is 0.0725. The van der Waals surface area contributed by atoms with Gasteiger partial charge in [-0.15, -0.1) is 0 Å². The SMILES string of the molecule is COc1ccc2sc(N3CCCN(C(=O)c4ccncc4)CC3)nc2c1. The second kappa shape index (κ2) is 7.29. The fourth-order valence-corrected chi connectivity index (χ4v) is 4.14. The number of thiazole rings is 1. The molecule has 26 heavy (non-hydrogen) atoms. The lowest BCUT2D eigenvalue weighted by Gasteiger charge is -2.21. The highest BCUT2D eigenvalue weighted by Gasteiger charge is 2.22. The number of nitrogens with zero attached hydrogens (tertiary/aromatic N) is 4. The number of benzene rings is 1. The number of fused-ring (bicyclic) bond motifs is 1. The third-order valence-corrected chi connectivity index (χ3v) is 5.66. The molecule has 0 unspecified atom stereocenters. The van der Waals surface area contributed by atoms with Crippen LogP contribution in [0.5, 0.6) is 5.75 Å². The van der Waals surface area contributed by atoms with Gasteiger partial charge in [-0.05, 0) is 30.7 Å². The summed E-state index contributed by atoms with van der Waals surface area (Å²) in [5, 5.41) is 1.01. The third kappa shape index (κ3) is 3.35. The molecule has 0 bridgehead atoms. The molecular weight excluding hydrogens is 348 g/mol. The van der Waals surface area contributed by atoms with Crippen LogP contribution in [0.3, 0.4) is 0 Å². The summed E-state index contributed by atoms with van der Waals surface area (Å²) in [6, 6.07) is 9.51. The van der Waals surface area contributed by atoms with Crippen LogP contribution in [-0.4, -0.2) is 54.1 Å². The van der Waals surface area contributed by atoms with Gasteiger partial charge in [-0.25, -0.2) is 4.98 Å². The minimum Gasteiger partial charge on any atom is -0.497 e. The van der Waals surface area contributed by atoms with Crippen molar-refractivity contribution < 1.29 is 9.53 Å². The quantitative estimate of drug-likeness (QED) is 0.711. The van der Waals surface area contributed by atoms with E-state index in [1.807, 2.05) is 23.1 Å². The molecule has 0 spiro atoms. The molecule has 1 aromatic carbocycles. The molecule has 3 aromatic rings. The molecule has 0 N–H and O–H groups in total. The molecule has 0 aliphatic carbocycles. The van der Waals surface area contributed by atoms with Crippen molar-refractivity contribution in [2.75, 3.05) is 38.2 Å². The third-order valence-electron chi connectivity index (χ3n) is 4.56. The zero-order valence-electron chi connectivity index (χ0n) is 14.6. The van der Waals surface area contributed by atoms with E-state index in [9.17, 15) is 4.79 Å². The van der Waals surface area contributed by atoms with E-state index in [0.29, 0.717) is 12.1 Å². The van der Waals surface area contributed by atoms with Gasteiger partial charge in [0.05, 0.1) is 17.3 Å². The molecule has 1 amide bonds. The van der Waals surface area contributed by atoms with Gasteiger partial charge in [-0.3, -0.25) is 9.78 Å². The van der Waals surface area contributed by atoms with E-state index in [-0.39, 0.29) is 5.91 Å². The maximum atomic E-state index is 12.7. The normalized spacial score (nSPS) is 15.1. The maximum absolute atomic E-state index is 12.7. The maximum Gasteiger partial charge on any atom is 0.254 e. The van der Waals surface area contributed by atoms with E-state index in [4.69, 9.17) is 9.72 Å². The summed E-state index contributed by atoms with van der Waals surface area (Å²) in [6.07, 6.45) is 4.25. The Morgan fingerprint density at radius 3 is 2.77 bits per heavy atom. The second-order valence-electron chi connectivity index (χ2n) is 6.20. The molecule has 6 nitrogen and oxygen atoms in total. The van der Waals surface area contributed by atoms with Crippen molar-refractivity contribution in [3.63, 3.8) is 0 Å². The zero-order valence-corrected chi connectivity index (χ0v) is 15.4. The molecule has 0 radical (unpaired) electrons. The van der Waals surface area contributed by atoms with E-state index in [2.05, 4.69) is 9.88 Å². The minimum atomic E-state index is 0.0725. The fourth-order valence-electron chi connectivity index (χ4n) is 3.15. The van der Waals surface area contributed by atoms with Crippen LogP contribution in [0.15, 0.2) is 42.7 Å². The van der Waals surface area contributed by atoms with Gasteiger partial charge in [0.25, 0.3) is 5.91 Å². The van der Waals surface area contributed by atoms with Gasteiger partial charge >= 0.3 is 0 Å². The van der Waals surface area contributed by atoms with Gasteiger partial charge in [0.1, 0.15) is 5.75 Å². The number of aromatic nitrogens is 2. The summed E-state index contributed by atoms with van der Waals surface area (Å²) >= 11 is 1.69. The number of methoxy groups -OCH3 is 1. The van der Waals surface area contributed by atoms with E-state index >= 15 is 0 Å². The average Bonchev–Trinajstić information content (AvgIpc) is 2.96. The molecule has 3 heterocycles. The largest absolute Gasteiger partial charge is 0.497 e. The van der Waals surface area contributed by atoms with Crippen LogP contribution in [0.4, 0.5) is 5.13 Å². The predicted octanol–water partition coefficient (Wildman–Crippen LogP) is 3.05. The molecule has 4 rings (SSSR count). The highest BCUT2D eigenvalue weighted by molar-refractivity contribution is 7.22. The van der Waals surface area contributed by atoms with Crippen molar-refractivity contribution in [1.82, 2.24) is 14.9 Å². The molecule has 0 saturated carbocycles. The van der Waals surface area contributed by atoms with Crippen molar-refractivity contribution in [3.8, 4) is 5.75 Å². The number of ether oxygens (including phenoxy) is 1. The van der Waals surface area contributed by atoms with Gasteiger partial charge in [0.15, 0.2) is 5.13 Å². The van der Waals surface area contributed by atoms with Gasteiger partial charge in [-0.2, -0.15) is 0 Å². The highest BCUT2D eigenvalue weighted by Crippen LogP contribution is 2.31. The van der Waals surface area contributed by atoms with E-state index in [1.165, 1.54) is 0 Å². The van der Waals surface area contributed by atoms with Gasteiger partial charge in [0.2, 0.25) is 0 Å². The number of pyridine rings is 1. The van der Waals surface area contributed by atoms with Crippen molar-refractivity contribution in [3.05, 3.63) is 48.3 Å². The number of rotatable bonds is 3. The molecular formula is C19H20N4O2S. The number of hydrogen-bond donors (Lipinski definition) is 0. The summed E-state index contributed by atoms with van der Waals surface area (Å²) in [4.78, 5) is 25.6. The lowest BCUT2D eigenvalue weighted by molar-refractivity contribution is 0.0767. The summed E-state index contributed by atoms with van der Waals surface area (Å²) in [5.41, 5.74) is 1.65. The number of carbonyl (C=O) groups is 1. The Balaban J connectivity index is 1.49. The Hall–Kier alpha value is -2.67. The molecule has 134 valence electrons. The van der Waals surface area contributed by atoms with Crippen LogP contribution in [-0.2, 0) is 0 Å². The molecule has 1 aliphatic heterocycles. The van der Waals surface area contributed by atoms with E-state index in [1.54, 1.807) is 43.0 Å². The molecule has 1 saturated heterocycles. The lowest BCUT2D eigenvalue weighted by Crippen LogP contribution is -2.35. The topological polar surface area (TPSA) is 58.6 Å². The number of hydrogen-bond acceptors (Lipinski definition) is 6. The zero-order chi connectivity index (χ0) is 17.9. The molecule has 2 aromatic heterocycles. The standard InChI is InChI=1S/C19H20N4O2S/c1-25-15-3-4-17-16(13-15)21-19(26-17)23-10-2-9-22(11-12-23)18(24)14-5-7-20-8-6-14/h3-8,13H,2,9-12H2,1H3. The first kappa shape index (κ1) is 16.8. The van der Waals surface area contributed by atoms with Crippen LogP contribution in [0.1, 0.15) is 16.8 Å². The first-order valence-electron chi connectivity index (χ1n) is 8.63. The van der Waals surface area contributed by atoms with Crippen LogP contribution in [0, 0.1) is 0 Å². The Morgan fingerprint density at radius 2 is 1.96 bits per heavy atom. The van der Waals surface area contributed by atoms with E-state index < -0.39 is 0 Å². The van der Waals surface area contributed by atoms with Gasteiger partial charge < -0.3 is 14.5 Å². The predicted molar refractivity (Wildman–Crippen MR) is 103 cm³/mol. The highest BCUT2D eigenvalue weighted by atomic mass is 32.1. The summed E-state index contributed by atoms with van der Waals surface area (Å²) in [7, 11) is 1.66. The number of anilines is 1. The van der Waals surface area contributed by atoms with Crippen molar-refractivity contribution in [2.45, 2.75) is 6.42 Å². The first-order valence-corrected chi connectivity index (χ1v) is 9.45. The van der Waals surface area contributed by atoms with Crippen LogP contribution in [0.2, 0.25) is 0 Å². The Labute approximate surface area is 156 Å². The molecule has 1 fully saturated rings. The van der Waals surface area contributed by atoms with Crippen molar-refractivity contribution in [2.24, 2.45) is 0 Å². The van der Waals surface area contributed by atoms with Crippen molar-refractivity contribution in [1.29, 1.82) is 0 Å². The lowest BCUT2D eigenvalue weighted by atomic mass is 10.2. The van der Waals surface area contributed by atoms with Gasteiger partial charge in [0, 0.05) is 50.2 Å².